The van der Waals surface area contributed by atoms with Gasteiger partial charge in [0.25, 0.3) is 11.8 Å². The molecule has 1 heterocycles. The topological polar surface area (TPSA) is 135 Å². The molecule has 10 heteroatoms. The molecule has 2 amide bonds. The second kappa shape index (κ2) is 8.97. The van der Waals surface area contributed by atoms with Crippen molar-refractivity contribution in [2.75, 3.05) is 18.6 Å². The molecule has 9 nitrogen and oxygen atoms in total. The Morgan fingerprint density at radius 3 is 2.43 bits per heavy atom. The van der Waals surface area contributed by atoms with Crippen LogP contribution < -0.4 is 15.5 Å². The highest BCUT2D eigenvalue weighted by atomic mass is 32.2. The monoisotopic (exact) mass is 432 g/mol. The number of carbonyl (C=O) groups is 2. The Kier molecular flexibility index (Phi) is 6.38. The Hall–Kier alpha value is -3.37. The van der Waals surface area contributed by atoms with E-state index in [1.165, 1.54) is 29.7 Å². The molecule has 30 heavy (non-hydrogen) atoms. The van der Waals surface area contributed by atoms with Crippen LogP contribution in [-0.4, -0.2) is 50.1 Å². The lowest BCUT2D eigenvalue weighted by atomic mass is 10.2. The summed E-state index contributed by atoms with van der Waals surface area (Å²) in [7, 11) is -3.41. The highest BCUT2D eigenvalue weighted by Gasteiger charge is 2.21. The Morgan fingerprint density at radius 2 is 1.80 bits per heavy atom. The molecule has 0 aliphatic carbocycles. The van der Waals surface area contributed by atoms with Crippen molar-refractivity contribution in [1.29, 1.82) is 0 Å². The number of amides is 2. The molecule has 158 valence electrons. The van der Waals surface area contributed by atoms with Crippen LogP contribution in [0.1, 0.15) is 20.9 Å². The van der Waals surface area contributed by atoms with Crippen LogP contribution >= 0.6 is 0 Å². The molecule has 0 aliphatic heterocycles. The fraction of sp³-hybridized carbons (Fsp3) is 0.200. The number of nitrogens with one attached hydrogen (secondary N) is 2. The quantitative estimate of drug-likeness (QED) is 0.365. The van der Waals surface area contributed by atoms with Gasteiger partial charge in [0.1, 0.15) is 27.8 Å². The van der Waals surface area contributed by atoms with Gasteiger partial charge in [-0.15, -0.1) is 0 Å². The van der Waals surface area contributed by atoms with E-state index in [1.807, 2.05) is 6.07 Å². The minimum atomic E-state index is -3.41. The summed E-state index contributed by atoms with van der Waals surface area (Å²) in [5.41, 5.74) is 2.29. The third kappa shape index (κ3) is 5.58. The second-order valence-corrected chi connectivity index (χ2v) is 8.87. The molecule has 2 aromatic carbocycles. The maximum absolute atomic E-state index is 12.6. The molecule has 0 saturated carbocycles. The number of hydrogen-bond acceptors (Lipinski definition) is 7. The van der Waals surface area contributed by atoms with E-state index >= 15 is 0 Å². The van der Waals surface area contributed by atoms with Gasteiger partial charge in [-0.25, -0.2) is 13.9 Å². The minimum Gasteiger partial charge on any atom is -0.491 e. The summed E-state index contributed by atoms with van der Waals surface area (Å²) in [4.78, 5) is 23.9. The van der Waals surface area contributed by atoms with Gasteiger partial charge in [-0.1, -0.05) is 18.2 Å². The van der Waals surface area contributed by atoms with Gasteiger partial charge in [-0.3, -0.25) is 14.8 Å². The van der Waals surface area contributed by atoms with Crippen LogP contribution in [0.15, 0.2) is 59.0 Å². The molecular weight excluding hydrogens is 412 g/mol. The molecular formula is C20H20N2O7S. The molecule has 3 aromatic rings. The zero-order valence-corrected chi connectivity index (χ0v) is 16.8. The van der Waals surface area contributed by atoms with Crippen molar-refractivity contribution in [2.24, 2.45) is 0 Å². The molecule has 0 spiro atoms. The summed E-state index contributed by atoms with van der Waals surface area (Å²) in [6, 6.07) is 13.7. The van der Waals surface area contributed by atoms with Crippen LogP contribution in [0.4, 0.5) is 0 Å². The number of furan rings is 1. The molecule has 0 aliphatic rings. The third-order valence-corrected chi connectivity index (χ3v) is 5.17. The Balaban J connectivity index is 1.69. The molecule has 1 aromatic heterocycles. The summed E-state index contributed by atoms with van der Waals surface area (Å²) >= 11 is 0. The number of rotatable bonds is 8. The van der Waals surface area contributed by atoms with Crippen molar-refractivity contribution in [1.82, 2.24) is 10.8 Å². The first-order valence-corrected chi connectivity index (χ1v) is 11.0. The van der Waals surface area contributed by atoms with E-state index in [9.17, 15) is 18.0 Å². The molecule has 0 radical (unpaired) electrons. The first-order valence-electron chi connectivity index (χ1n) is 8.89. The highest BCUT2D eigenvalue weighted by molar-refractivity contribution is 7.90. The number of benzene rings is 2. The average Bonchev–Trinajstić information content (AvgIpc) is 3.15. The minimum absolute atomic E-state index is 0.0640. The van der Waals surface area contributed by atoms with E-state index in [-0.39, 0.29) is 23.7 Å². The lowest BCUT2D eigenvalue weighted by molar-refractivity contribution is 0.0706. The van der Waals surface area contributed by atoms with Crippen molar-refractivity contribution in [3.05, 3.63) is 65.9 Å². The smallest absolute Gasteiger partial charge is 0.287 e. The van der Waals surface area contributed by atoms with Crippen molar-refractivity contribution < 1.29 is 32.4 Å². The van der Waals surface area contributed by atoms with E-state index < -0.39 is 27.7 Å². The number of para-hydroxylation sites is 1. The SMILES string of the molecule is CS(=O)(=O)C[C@@H](COc1ccc(C(=O)NO)cc1)NC(=O)c1cc2ccccc2o1. The van der Waals surface area contributed by atoms with Crippen LogP contribution in [-0.2, 0) is 9.84 Å². The lowest BCUT2D eigenvalue weighted by Gasteiger charge is -2.18. The normalized spacial score (nSPS) is 12.3. The summed E-state index contributed by atoms with van der Waals surface area (Å²) in [5.74, 6) is -1.13. The van der Waals surface area contributed by atoms with Crippen LogP contribution in [0.25, 0.3) is 11.0 Å². The Labute approximate surface area is 172 Å². The number of carbonyl (C=O) groups excluding carboxylic acids is 2. The van der Waals surface area contributed by atoms with Gasteiger partial charge in [0, 0.05) is 17.2 Å². The Morgan fingerprint density at radius 1 is 1.10 bits per heavy atom. The van der Waals surface area contributed by atoms with Crippen LogP contribution in [0, 0.1) is 0 Å². The molecule has 0 bridgehead atoms. The van der Waals surface area contributed by atoms with Crippen LogP contribution in [0.3, 0.4) is 0 Å². The van der Waals surface area contributed by atoms with Gasteiger partial charge in [-0.2, -0.15) is 0 Å². The predicted octanol–water partition coefficient (Wildman–Crippen LogP) is 1.77. The van der Waals surface area contributed by atoms with E-state index in [0.717, 1.165) is 11.6 Å². The zero-order chi connectivity index (χ0) is 21.7. The molecule has 3 rings (SSSR count). The van der Waals surface area contributed by atoms with Crippen molar-refractivity contribution in [3.8, 4) is 5.75 Å². The van der Waals surface area contributed by atoms with Crippen molar-refractivity contribution >= 4 is 32.6 Å². The number of sulfone groups is 1. The molecule has 0 saturated heterocycles. The highest BCUT2D eigenvalue weighted by Crippen LogP contribution is 2.19. The van der Waals surface area contributed by atoms with Gasteiger partial charge in [0.05, 0.1) is 11.8 Å². The number of hydroxylamine groups is 1. The molecule has 1 atom stereocenters. The summed E-state index contributed by atoms with van der Waals surface area (Å²) < 4.78 is 34.6. The van der Waals surface area contributed by atoms with Crippen LogP contribution in [0.2, 0.25) is 0 Å². The lowest BCUT2D eigenvalue weighted by Crippen LogP contribution is -2.43. The maximum atomic E-state index is 12.6. The first kappa shape index (κ1) is 21.3. The van der Waals surface area contributed by atoms with Gasteiger partial charge < -0.3 is 14.5 Å². The average molecular weight is 432 g/mol. The van der Waals surface area contributed by atoms with E-state index in [4.69, 9.17) is 14.4 Å². The molecule has 3 N–H and O–H groups in total. The summed E-state index contributed by atoms with van der Waals surface area (Å²) in [6.45, 7) is -0.120. The fourth-order valence-corrected chi connectivity index (χ4v) is 3.72. The van der Waals surface area contributed by atoms with Gasteiger partial charge in [0.15, 0.2) is 5.76 Å². The first-order chi connectivity index (χ1) is 14.2. The van der Waals surface area contributed by atoms with Gasteiger partial charge in [-0.05, 0) is 36.4 Å². The van der Waals surface area contributed by atoms with E-state index in [0.29, 0.717) is 11.3 Å². The van der Waals surface area contributed by atoms with E-state index in [1.54, 1.807) is 24.3 Å². The van der Waals surface area contributed by atoms with Crippen molar-refractivity contribution in [2.45, 2.75) is 6.04 Å². The van der Waals surface area contributed by atoms with Gasteiger partial charge in [0.2, 0.25) is 0 Å². The Bertz CT molecular complexity index is 1120. The van der Waals surface area contributed by atoms with Crippen molar-refractivity contribution in [3.63, 3.8) is 0 Å². The second-order valence-electron chi connectivity index (χ2n) is 6.69. The van der Waals surface area contributed by atoms with Gasteiger partial charge >= 0.3 is 0 Å². The molecule has 0 fully saturated rings. The standard InChI is InChI=1S/C20H20N2O7S/c1-30(26,27)12-15(11-28-16-8-6-13(7-9-16)19(23)22-25)21-20(24)18-10-14-4-2-3-5-17(14)29-18/h2-10,15,25H,11-12H2,1H3,(H,21,24)(H,22,23)/t15-/m1/s1. The number of fused-ring (bicyclic) bond motifs is 1. The maximum Gasteiger partial charge on any atom is 0.287 e. The number of ether oxygens (including phenoxy) is 1. The fourth-order valence-electron chi connectivity index (χ4n) is 2.81. The van der Waals surface area contributed by atoms with Crippen LogP contribution in [0.5, 0.6) is 5.75 Å². The zero-order valence-electron chi connectivity index (χ0n) is 16.0. The summed E-state index contributed by atoms with van der Waals surface area (Å²) in [6.07, 6.45) is 1.07. The summed E-state index contributed by atoms with van der Waals surface area (Å²) in [5, 5.41) is 12.0. The molecule has 0 unspecified atom stereocenters. The predicted molar refractivity (Wildman–Crippen MR) is 108 cm³/mol. The largest absolute Gasteiger partial charge is 0.491 e. The third-order valence-electron chi connectivity index (χ3n) is 4.16. The van der Waals surface area contributed by atoms with E-state index in [2.05, 4.69) is 5.32 Å². The number of hydrogen-bond donors (Lipinski definition) is 3.